The molecule has 1 aliphatic heterocycles. The maximum Gasteiger partial charge on any atom is 0.248 e. The fraction of sp³-hybridized carbons (Fsp3) is 0.800. The van der Waals surface area contributed by atoms with Crippen LogP contribution < -0.4 is 0 Å². The third-order valence-corrected chi connectivity index (χ3v) is 5.66. The average molecular weight is 257 g/mol. The van der Waals surface area contributed by atoms with Gasteiger partial charge >= 0.3 is 0 Å². The third-order valence-electron chi connectivity index (χ3n) is 5.66. The van der Waals surface area contributed by atoms with Crippen LogP contribution in [0.15, 0.2) is 5.10 Å². The molecule has 1 heterocycles. The topological polar surface area (TPSA) is 56.5 Å². The molecule has 0 unspecified atom stereocenters. The zero-order valence-corrected chi connectivity index (χ0v) is 11.1. The van der Waals surface area contributed by atoms with Gasteiger partial charge in [-0.3, -0.25) is 4.79 Å². The molecular weight excluding hydrogens is 238 g/mol. The van der Waals surface area contributed by atoms with E-state index in [0.29, 0.717) is 18.7 Å². The molecule has 5 aliphatic rings. The number of hydrogen-bond donors (Lipinski definition) is 0. The molecule has 4 aliphatic carbocycles. The maximum absolute atomic E-state index is 12.9. The van der Waals surface area contributed by atoms with Gasteiger partial charge in [0.15, 0.2) is 0 Å². The van der Waals surface area contributed by atoms with Gasteiger partial charge in [0.05, 0.1) is 12.0 Å². The Balaban J connectivity index is 1.60. The van der Waals surface area contributed by atoms with Crippen LogP contribution >= 0.6 is 0 Å². The molecule has 0 aromatic heterocycles. The van der Waals surface area contributed by atoms with Crippen molar-refractivity contribution in [2.24, 2.45) is 28.3 Å². The van der Waals surface area contributed by atoms with Gasteiger partial charge in [-0.15, -0.1) is 0 Å². The summed E-state index contributed by atoms with van der Waals surface area (Å²) in [4.78, 5) is 12.9. The van der Waals surface area contributed by atoms with Crippen LogP contribution in [0.25, 0.3) is 0 Å². The Morgan fingerprint density at radius 3 is 2.26 bits per heavy atom. The Kier molecular flexibility index (Phi) is 2.30. The van der Waals surface area contributed by atoms with Crippen LogP contribution in [-0.4, -0.2) is 23.2 Å². The molecule has 4 heteroatoms. The van der Waals surface area contributed by atoms with E-state index in [-0.39, 0.29) is 11.3 Å². The number of carbonyl (C=O) groups excluding carboxylic acids is 1. The molecular formula is C15H19N3O. The van der Waals surface area contributed by atoms with Crippen LogP contribution in [0, 0.1) is 34.5 Å². The lowest BCUT2D eigenvalue weighted by Gasteiger charge is -2.56. The first-order valence-corrected chi connectivity index (χ1v) is 7.48. The molecule has 4 fully saturated rings. The van der Waals surface area contributed by atoms with Crippen molar-refractivity contribution < 1.29 is 4.79 Å². The highest BCUT2D eigenvalue weighted by Crippen LogP contribution is 2.60. The van der Waals surface area contributed by atoms with Crippen molar-refractivity contribution in [3.05, 3.63) is 0 Å². The second kappa shape index (κ2) is 3.82. The SMILES string of the molecule is N#CC1=NN(C(=O)C23CC4CC(CC(C4)C2)C3)CC1. The van der Waals surface area contributed by atoms with E-state index in [1.165, 1.54) is 19.3 Å². The van der Waals surface area contributed by atoms with E-state index in [1.807, 2.05) is 0 Å². The zero-order chi connectivity index (χ0) is 13.0. The summed E-state index contributed by atoms with van der Waals surface area (Å²) in [5, 5.41) is 14.7. The largest absolute Gasteiger partial charge is 0.272 e. The molecule has 0 spiro atoms. The van der Waals surface area contributed by atoms with Gasteiger partial charge in [-0.2, -0.15) is 10.4 Å². The van der Waals surface area contributed by atoms with Gasteiger partial charge in [0.2, 0.25) is 5.91 Å². The first kappa shape index (κ1) is 11.5. The molecule has 100 valence electrons. The van der Waals surface area contributed by atoms with Crippen molar-refractivity contribution in [3.63, 3.8) is 0 Å². The minimum absolute atomic E-state index is 0.122. The number of amides is 1. The monoisotopic (exact) mass is 257 g/mol. The molecule has 4 bridgehead atoms. The van der Waals surface area contributed by atoms with Crippen LogP contribution in [0.2, 0.25) is 0 Å². The molecule has 4 saturated carbocycles. The Morgan fingerprint density at radius 1 is 1.21 bits per heavy atom. The number of hydrazone groups is 1. The lowest BCUT2D eigenvalue weighted by Crippen LogP contribution is -2.53. The van der Waals surface area contributed by atoms with Crippen molar-refractivity contribution in [2.75, 3.05) is 6.54 Å². The number of hydrogen-bond acceptors (Lipinski definition) is 3. The van der Waals surface area contributed by atoms with Gasteiger partial charge in [0.1, 0.15) is 11.8 Å². The Hall–Kier alpha value is -1.37. The molecule has 5 rings (SSSR count). The summed E-state index contributed by atoms with van der Waals surface area (Å²) >= 11 is 0. The van der Waals surface area contributed by atoms with E-state index >= 15 is 0 Å². The number of rotatable bonds is 1. The number of carbonyl (C=O) groups is 1. The molecule has 0 saturated heterocycles. The van der Waals surface area contributed by atoms with Gasteiger partial charge in [-0.05, 0) is 56.3 Å². The molecule has 0 aromatic carbocycles. The van der Waals surface area contributed by atoms with Crippen molar-refractivity contribution in [1.29, 1.82) is 5.26 Å². The quantitative estimate of drug-likeness (QED) is 0.723. The second-order valence-corrected chi connectivity index (χ2v) is 7.03. The molecule has 4 nitrogen and oxygen atoms in total. The molecule has 0 atom stereocenters. The van der Waals surface area contributed by atoms with Crippen LogP contribution in [0.5, 0.6) is 0 Å². The molecule has 1 amide bonds. The van der Waals surface area contributed by atoms with Crippen LogP contribution in [-0.2, 0) is 4.79 Å². The summed E-state index contributed by atoms with van der Waals surface area (Å²) in [5.41, 5.74) is 0.390. The van der Waals surface area contributed by atoms with Crippen LogP contribution in [0.3, 0.4) is 0 Å². The van der Waals surface area contributed by atoms with Crippen molar-refractivity contribution >= 4 is 11.6 Å². The summed E-state index contributed by atoms with van der Waals surface area (Å²) in [6.45, 7) is 0.615. The highest BCUT2D eigenvalue weighted by Gasteiger charge is 2.56. The highest BCUT2D eigenvalue weighted by molar-refractivity contribution is 6.01. The van der Waals surface area contributed by atoms with E-state index in [0.717, 1.165) is 37.0 Å². The fourth-order valence-electron chi connectivity index (χ4n) is 5.33. The maximum atomic E-state index is 12.9. The number of nitrogens with zero attached hydrogens (tertiary/aromatic N) is 3. The summed E-state index contributed by atoms with van der Waals surface area (Å²) in [5.74, 6) is 2.54. The van der Waals surface area contributed by atoms with Gasteiger partial charge in [0, 0.05) is 6.42 Å². The summed E-state index contributed by atoms with van der Waals surface area (Å²) in [6.07, 6.45) is 7.90. The lowest BCUT2D eigenvalue weighted by atomic mass is 9.49. The van der Waals surface area contributed by atoms with Gasteiger partial charge in [-0.1, -0.05) is 0 Å². The average Bonchev–Trinajstić information content (AvgIpc) is 2.84. The normalized spacial score (nSPS) is 43.2. The first-order valence-electron chi connectivity index (χ1n) is 7.48. The van der Waals surface area contributed by atoms with Gasteiger partial charge in [-0.25, -0.2) is 5.01 Å². The van der Waals surface area contributed by atoms with Crippen molar-refractivity contribution in [3.8, 4) is 6.07 Å². The number of nitriles is 1. The van der Waals surface area contributed by atoms with Gasteiger partial charge in [0.25, 0.3) is 0 Å². The first-order chi connectivity index (χ1) is 9.18. The standard InChI is InChI=1S/C15H19N3O/c16-9-13-1-2-18(17-13)14(19)15-6-10-3-11(7-15)5-12(4-10)8-15/h10-12H,1-8H2. The molecule has 0 aromatic rings. The fourth-order valence-corrected chi connectivity index (χ4v) is 5.33. The lowest BCUT2D eigenvalue weighted by molar-refractivity contribution is -0.157. The minimum atomic E-state index is -0.122. The van der Waals surface area contributed by atoms with E-state index in [4.69, 9.17) is 5.26 Å². The summed E-state index contributed by atoms with van der Waals surface area (Å²) in [7, 11) is 0. The van der Waals surface area contributed by atoms with E-state index in [1.54, 1.807) is 5.01 Å². The third kappa shape index (κ3) is 1.64. The van der Waals surface area contributed by atoms with Gasteiger partial charge < -0.3 is 0 Å². The van der Waals surface area contributed by atoms with Crippen molar-refractivity contribution in [2.45, 2.75) is 44.9 Å². The van der Waals surface area contributed by atoms with Crippen molar-refractivity contribution in [1.82, 2.24) is 5.01 Å². The second-order valence-electron chi connectivity index (χ2n) is 7.03. The van der Waals surface area contributed by atoms with E-state index < -0.39 is 0 Å². The molecule has 0 radical (unpaired) electrons. The minimum Gasteiger partial charge on any atom is -0.272 e. The summed E-state index contributed by atoms with van der Waals surface area (Å²) < 4.78 is 0. The Bertz CT molecular complexity index is 467. The predicted octanol–water partition coefficient (Wildman–Crippen LogP) is 2.31. The smallest absolute Gasteiger partial charge is 0.248 e. The Morgan fingerprint density at radius 2 is 1.79 bits per heavy atom. The predicted molar refractivity (Wildman–Crippen MR) is 70.0 cm³/mol. The molecule has 19 heavy (non-hydrogen) atoms. The van der Waals surface area contributed by atoms with Crippen LogP contribution in [0.4, 0.5) is 0 Å². The Labute approximate surface area is 113 Å². The summed E-state index contributed by atoms with van der Waals surface area (Å²) in [6, 6.07) is 2.08. The highest BCUT2D eigenvalue weighted by atomic mass is 16.2. The zero-order valence-electron chi connectivity index (χ0n) is 11.1. The van der Waals surface area contributed by atoms with E-state index in [2.05, 4.69) is 11.2 Å². The van der Waals surface area contributed by atoms with Crippen LogP contribution in [0.1, 0.15) is 44.9 Å². The molecule has 0 N–H and O–H groups in total. The van der Waals surface area contributed by atoms with E-state index in [9.17, 15) is 4.79 Å².